The molecule has 19 heavy (non-hydrogen) atoms. The molecule has 0 N–H and O–H groups in total. The average molecular weight is 261 g/mol. The van der Waals surface area contributed by atoms with Gasteiger partial charge in [-0.15, -0.1) is 0 Å². The van der Waals surface area contributed by atoms with E-state index in [-0.39, 0.29) is 5.91 Å². The summed E-state index contributed by atoms with van der Waals surface area (Å²) in [4.78, 5) is 17.5. The van der Waals surface area contributed by atoms with E-state index in [1.807, 2.05) is 11.7 Å². The standard InChI is InChI=1S/C12H15N5O2/c1-7-13-12(19-15-7)11-9-6-17(8(2)18)5-4-10(9)16(3)14-11/h4-6H2,1-3H3. The van der Waals surface area contributed by atoms with Crippen molar-refractivity contribution in [2.45, 2.75) is 26.8 Å². The topological polar surface area (TPSA) is 77.1 Å². The van der Waals surface area contributed by atoms with E-state index in [0.29, 0.717) is 24.0 Å². The molecule has 2 aromatic rings. The number of aromatic nitrogens is 4. The highest BCUT2D eigenvalue weighted by molar-refractivity contribution is 5.74. The third kappa shape index (κ3) is 1.91. The number of carbonyl (C=O) groups excluding carboxylic acids is 1. The summed E-state index contributed by atoms with van der Waals surface area (Å²) in [5, 5.41) is 8.24. The molecule has 0 saturated carbocycles. The third-order valence-corrected chi connectivity index (χ3v) is 3.42. The molecular formula is C12H15N5O2. The van der Waals surface area contributed by atoms with E-state index >= 15 is 0 Å². The zero-order valence-corrected chi connectivity index (χ0v) is 11.2. The SMILES string of the molecule is CC(=O)N1CCc2c(c(-c3nc(C)no3)nn2C)C1. The second-order valence-corrected chi connectivity index (χ2v) is 4.73. The third-order valence-electron chi connectivity index (χ3n) is 3.42. The molecule has 2 aromatic heterocycles. The van der Waals surface area contributed by atoms with Crippen LogP contribution in [0.5, 0.6) is 0 Å². The van der Waals surface area contributed by atoms with Crippen LogP contribution in [-0.4, -0.2) is 37.3 Å². The van der Waals surface area contributed by atoms with E-state index in [9.17, 15) is 4.79 Å². The Balaban J connectivity index is 2.06. The molecule has 1 aliphatic rings. The molecule has 0 radical (unpaired) electrons. The molecule has 0 aliphatic carbocycles. The quantitative estimate of drug-likeness (QED) is 0.754. The first kappa shape index (κ1) is 11.9. The molecule has 1 aliphatic heterocycles. The van der Waals surface area contributed by atoms with Gasteiger partial charge in [-0.3, -0.25) is 9.48 Å². The van der Waals surface area contributed by atoms with Gasteiger partial charge in [-0.2, -0.15) is 10.1 Å². The van der Waals surface area contributed by atoms with Crippen LogP contribution in [0.4, 0.5) is 0 Å². The van der Waals surface area contributed by atoms with Crippen molar-refractivity contribution in [2.75, 3.05) is 6.54 Å². The fraction of sp³-hybridized carbons (Fsp3) is 0.500. The largest absolute Gasteiger partial charge is 0.338 e. The fourth-order valence-corrected chi connectivity index (χ4v) is 2.43. The van der Waals surface area contributed by atoms with Gasteiger partial charge in [0.05, 0.1) is 0 Å². The summed E-state index contributed by atoms with van der Waals surface area (Å²) in [6.07, 6.45) is 0.797. The number of hydrogen-bond acceptors (Lipinski definition) is 5. The van der Waals surface area contributed by atoms with Gasteiger partial charge in [-0.25, -0.2) is 0 Å². The Bertz CT molecular complexity index is 643. The molecular weight excluding hydrogens is 246 g/mol. The summed E-state index contributed by atoms with van der Waals surface area (Å²) in [6.45, 7) is 4.63. The zero-order chi connectivity index (χ0) is 13.6. The molecule has 0 unspecified atom stereocenters. The van der Waals surface area contributed by atoms with Crippen molar-refractivity contribution in [1.82, 2.24) is 24.8 Å². The van der Waals surface area contributed by atoms with Crippen molar-refractivity contribution in [1.29, 1.82) is 0 Å². The Morgan fingerprint density at radius 3 is 2.84 bits per heavy atom. The van der Waals surface area contributed by atoms with Gasteiger partial charge < -0.3 is 9.42 Å². The van der Waals surface area contributed by atoms with Crippen LogP contribution in [0.3, 0.4) is 0 Å². The lowest BCUT2D eigenvalue weighted by Gasteiger charge is -2.26. The number of hydrogen-bond donors (Lipinski definition) is 0. The van der Waals surface area contributed by atoms with E-state index in [0.717, 1.165) is 24.2 Å². The van der Waals surface area contributed by atoms with Crippen LogP contribution in [0, 0.1) is 6.92 Å². The highest BCUT2D eigenvalue weighted by atomic mass is 16.5. The van der Waals surface area contributed by atoms with Gasteiger partial charge in [0.2, 0.25) is 5.91 Å². The number of nitrogens with zero attached hydrogens (tertiary/aromatic N) is 5. The lowest BCUT2D eigenvalue weighted by atomic mass is 10.1. The lowest BCUT2D eigenvalue weighted by molar-refractivity contribution is -0.129. The first-order chi connectivity index (χ1) is 9.06. The average Bonchev–Trinajstić information content (AvgIpc) is 2.93. The Morgan fingerprint density at radius 1 is 1.42 bits per heavy atom. The number of rotatable bonds is 1. The maximum atomic E-state index is 11.5. The monoisotopic (exact) mass is 261 g/mol. The summed E-state index contributed by atoms with van der Waals surface area (Å²) in [5.41, 5.74) is 2.82. The van der Waals surface area contributed by atoms with Crippen LogP contribution in [0.1, 0.15) is 24.0 Å². The Morgan fingerprint density at radius 2 is 2.21 bits per heavy atom. The van der Waals surface area contributed by atoms with Gasteiger partial charge >= 0.3 is 0 Å². The van der Waals surface area contributed by atoms with Crippen molar-refractivity contribution >= 4 is 5.91 Å². The minimum atomic E-state index is 0.0714. The van der Waals surface area contributed by atoms with Crippen molar-refractivity contribution in [3.05, 3.63) is 17.1 Å². The van der Waals surface area contributed by atoms with Gasteiger partial charge in [-0.1, -0.05) is 5.16 Å². The summed E-state index contributed by atoms with van der Waals surface area (Å²) < 4.78 is 7.02. The predicted octanol–water partition coefficient (Wildman–Crippen LogP) is 0.683. The van der Waals surface area contributed by atoms with Gasteiger partial charge in [0, 0.05) is 44.7 Å². The van der Waals surface area contributed by atoms with Crippen molar-refractivity contribution in [3.63, 3.8) is 0 Å². The van der Waals surface area contributed by atoms with E-state index in [2.05, 4.69) is 15.2 Å². The molecule has 0 saturated heterocycles. The second-order valence-electron chi connectivity index (χ2n) is 4.73. The summed E-state index contributed by atoms with van der Waals surface area (Å²) >= 11 is 0. The summed E-state index contributed by atoms with van der Waals surface area (Å²) in [5.74, 6) is 1.07. The molecule has 7 nitrogen and oxygen atoms in total. The molecule has 3 rings (SSSR count). The van der Waals surface area contributed by atoms with Crippen LogP contribution in [0.2, 0.25) is 0 Å². The molecule has 100 valence electrons. The molecule has 0 bridgehead atoms. The van der Waals surface area contributed by atoms with Crippen molar-refractivity contribution < 1.29 is 9.32 Å². The normalized spacial score (nSPS) is 14.6. The van der Waals surface area contributed by atoms with Crippen LogP contribution in [-0.2, 0) is 24.8 Å². The molecule has 3 heterocycles. The van der Waals surface area contributed by atoms with Gasteiger partial charge in [0.15, 0.2) is 11.5 Å². The number of aryl methyl sites for hydroxylation is 2. The Labute approximate surface area is 110 Å². The van der Waals surface area contributed by atoms with E-state index in [1.165, 1.54) is 0 Å². The van der Waals surface area contributed by atoms with E-state index in [4.69, 9.17) is 4.52 Å². The number of carbonyl (C=O) groups is 1. The minimum Gasteiger partial charge on any atom is -0.338 e. The van der Waals surface area contributed by atoms with Gasteiger partial charge in [-0.05, 0) is 6.92 Å². The summed E-state index contributed by atoms with van der Waals surface area (Å²) in [7, 11) is 1.90. The fourth-order valence-electron chi connectivity index (χ4n) is 2.43. The maximum Gasteiger partial charge on any atom is 0.278 e. The Kier molecular flexibility index (Phi) is 2.62. The molecule has 1 amide bonds. The first-order valence-electron chi connectivity index (χ1n) is 6.17. The smallest absolute Gasteiger partial charge is 0.278 e. The lowest BCUT2D eigenvalue weighted by Crippen LogP contribution is -2.34. The zero-order valence-electron chi connectivity index (χ0n) is 11.2. The Hall–Kier alpha value is -2.18. The molecule has 0 fully saturated rings. The molecule has 0 aromatic carbocycles. The number of fused-ring (bicyclic) bond motifs is 1. The second kappa shape index (κ2) is 4.18. The highest BCUT2D eigenvalue weighted by Gasteiger charge is 2.27. The summed E-state index contributed by atoms with van der Waals surface area (Å²) in [6, 6.07) is 0. The molecule has 7 heteroatoms. The first-order valence-corrected chi connectivity index (χ1v) is 6.17. The molecule has 0 atom stereocenters. The van der Waals surface area contributed by atoms with Crippen LogP contribution in [0.25, 0.3) is 11.6 Å². The predicted molar refractivity (Wildman–Crippen MR) is 66.0 cm³/mol. The van der Waals surface area contributed by atoms with Crippen molar-refractivity contribution in [3.8, 4) is 11.6 Å². The minimum absolute atomic E-state index is 0.0714. The van der Waals surface area contributed by atoms with Crippen molar-refractivity contribution in [2.24, 2.45) is 7.05 Å². The molecule has 0 spiro atoms. The van der Waals surface area contributed by atoms with E-state index < -0.39 is 0 Å². The van der Waals surface area contributed by atoms with Crippen LogP contribution < -0.4 is 0 Å². The van der Waals surface area contributed by atoms with E-state index in [1.54, 1.807) is 18.7 Å². The van der Waals surface area contributed by atoms with Gasteiger partial charge in [0.25, 0.3) is 5.89 Å². The highest BCUT2D eigenvalue weighted by Crippen LogP contribution is 2.28. The van der Waals surface area contributed by atoms with Crippen LogP contribution in [0.15, 0.2) is 4.52 Å². The van der Waals surface area contributed by atoms with Crippen LogP contribution >= 0.6 is 0 Å². The van der Waals surface area contributed by atoms with Gasteiger partial charge in [0.1, 0.15) is 0 Å². The number of amides is 1. The maximum absolute atomic E-state index is 11.5.